The van der Waals surface area contributed by atoms with Crippen molar-refractivity contribution in [2.75, 3.05) is 0 Å². The van der Waals surface area contributed by atoms with E-state index >= 15 is 0 Å². The zero-order chi connectivity index (χ0) is 14.1. The van der Waals surface area contributed by atoms with E-state index < -0.39 is 0 Å². The number of aromatic nitrogens is 1. The average Bonchev–Trinajstić information content (AvgIpc) is 2.85. The topological polar surface area (TPSA) is 22.0 Å². The number of aldehydes is 1. The van der Waals surface area contributed by atoms with E-state index in [1.54, 1.807) is 0 Å². The van der Waals surface area contributed by atoms with Gasteiger partial charge in [-0.3, -0.25) is 4.79 Å². The van der Waals surface area contributed by atoms with Gasteiger partial charge in [0.15, 0.2) is 0 Å². The van der Waals surface area contributed by atoms with E-state index in [1.165, 1.54) is 22.2 Å². The predicted octanol–water partition coefficient (Wildman–Crippen LogP) is 4.12. The van der Waals surface area contributed by atoms with Gasteiger partial charge in [0.25, 0.3) is 0 Å². The quantitative estimate of drug-likeness (QED) is 0.651. The van der Waals surface area contributed by atoms with E-state index in [9.17, 15) is 4.79 Å². The number of carbonyl (C=O) groups excluding carboxylic acids is 1. The van der Waals surface area contributed by atoms with E-state index in [1.807, 2.05) is 18.2 Å². The summed E-state index contributed by atoms with van der Waals surface area (Å²) in [4.78, 5) is 10.8. The molecule has 0 unspecified atom stereocenters. The minimum atomic E-state index is 0.724. The first-order chi connectivity index (χ1) is 9.69. The lowest BCUT2D eigenvalue weighted by Crippen LogP contribution is -2.02. The zero-order valence-corrected chi connectivity index (χ0v) is 11.8. The van der Waals surface area contributed by atoms with Crippen LogP contribution >= 0.6 is 0 Å². The van der Waals surface area contributed by atoms with E-state index in [0.29, 0.717) is 0 Å². The third-order valence-corrected chi connectivity index (χ3v) is 3.90. The molecular weight excluding hydrogens is 246 g/mol. The van der Waals surface area contributed by atoms with Crippen molar-refractivity contribution in [2.24, 2.45) is 0 Å². The van der Waals surface area contributed by atoms with Gasteiger partial charge in [0, 0.05) is 29.2 Å². The molecule has 0 saturated carbocycles. The summed E-state index contributed by atoms with van der Waals surface area (Å²) in [7, 11) is 0. The summed E-state index contributed by atoms with van der Waals surface area (Å²) < 4.78 is 2.24. The van der Waals surface area contributed by atoms with Crippen LogP contribution < -0.4 is 0 Å². The molecule has 0 amide bonds. The number of carbonyl (C=O) groups is 1. The van der Waals surface area contributed by atoms with Gasteiger partial charge in [-0.25, -0.2) is 0 Å². The van der Waals surface area contributed by atoms with Gasteiger partial charge in [-0.05, 0) is 54.8 Å². The number of aryl methyl sites for hydroxylation is 2. The molecule has 0 aliphatic rings. The molecule has 0 bridgehead atoms. The van der Waals surface area contributed by atoms with Gasteiger partial charge in [0.05, 0.1) is 0 Å². The monoisotopic (exact) mass is 263 g/mol. The van der Waals surface area contributed by atoms with Crippen LogP contribution in [0.3, 0.4) is 0 Å². The van der Waals surface area contributed by atoms with Crippen molar-refractivity contribution < 1.29 is 4.79 Å². The Morgan fingerprint density at radius 2 is 1.80 bits per heavy atom. The molecule has 2 aromatic carbocycles. The molecule has 0 saturated heterocycles. The van der Waals surface area contributed by atoms with E-state index in [-0.39, 0.29) is 0 Å². The van der Waals surface area contributed by atoms with Crippen molar-refractivity contribution in [2.45, 2.75) is 20.4 Å². The van der Waals surface area contributed by atoms with E-state index in [2.05, 4.69) is 48.9 Å². The number of hydrogen-bond acceptors (Lipinski definition) is 1. The summed E-state index contributed by atoms with van der Waals surface area (Å²) in [6, 6.07) is 14.3. The molecule has 0 fully saturated rings. The van der Waals surface area contributed by atoms with Crippen molar-refractivity contribution in [3.63, 3.8) is 0 Å². The van der Waals surface area contributed by atoms with Crippen molar-refractivity contribution in [1.29, 1.82) is 0 Å². The first-order valence-corrected chi connectivity index (χ1v) is 6.78. The first-order valence-electron chi connectivity index (χ1n) is 6.78. The minimum Gasteiger partial charge on any atom is -0.343 e. The Bertz CT molecular complexity index is 763. The van der Waals surface area contributed by atoms with Crippen molar-refractivity contribution in [3.05, 3.63) is 70.9 Å². The summed E-state index contributed by atoms with van der Waals surface area (Å²) in [6.07, 6.45) is 2.98. The molecule has 1 heterocycles. The summed E-state index contributed by atoms with van der Waals surface area (Å²) in [6.45, 7) is 5.17. The van der Waals surface area contributed by atoms with Gasteiger partial charge in [-0.15, -0.1) is 0 Å². The number of hydrogen-bond donors (Lipinski definition) is 0. The summed E-state index contributed by atoms with van der Waals surface area (Å²) >= 11 is 0. The fourth-order valence-electron chi connectivity index (χ4n) is 2.70. The second-order valence-electron chi connectivity index (χ2n) is 5.25. The Morgan fingerprint density at radius 3 is 2.50 bits per heavy atom. The molecule has 20 heavy (non-hydrogen) atoms. The number of rotatable bonds is 3. The normalized spacial score (nSPS) is 10.9. The zero-order valence-electron chi connectivity index (χ0n) is 11.8. The molecule has 0 N–H and O–H groups in total. The lowest BCUT2D eigenvalue weighted by Gasteiger charge is -2.12. The van der Waals surface area contributed by atoms with Crippen LogP contribution in [0, 0.1) is 13.8 Å². The maximum atomic E-state index is 10.8. The van der Waals surface area contributed by atoms with Crippen LogP contribution in [0.15, 0.2) is 48.7 Å². The second-order valence-corrected chi connectivity index (χ2v) is 5.25. The van der Waals surface area contributed by atoms with Gasteiger partial charge in [0.1, 0.15) is 6.29 Å². The molecule has 2 heteroatoms. The highest BCUT2D eigenvalue weighted by molar-refractivity contribution is 5.87. The molecule has 0 aliphatic carbocycles. The highest BCUT2D eigenvalue weighted by Crippen LogP contribution is 2.21. The Balaban J connectivity index is 2.05. The summed E-state index contributed by atoms with van der Waals surface area (Å²) in [5.74, 6) is 0. The van der Waals surface area contributed by atoms with Crippen molar-refractivity contribution in [1.82, 2.24) is 4.57 Å². The molecule has 0 spiro atoms. The summed E-state index contributed by atoms with van der Waals surface area (Å²) in [5.41, 5.74) is 5.89. The van der Waals surface area contributed by atoms with Gasteiger partial charge < -0.3 is 4.57 Å². The molecule has 0 radical (unpaired) electrons. The largest absolute Gasteiger partial charge is 0.343 e. The van der Waals surface area contributed by atoms with Crippen LogP contribution in [0.5, 0.6) is 0 Å². The van der Waals surface area contributed by atoms with Gasteiger partial charge in [-0.2, -0.15) is 0 Å². The highest BCUT2D eigenvalue weighted by atomic mass is 16.1. The molecule has 3 rings (SSSR count). The third-order valence-electron chi connectivity index (χ3n) is 3.90. The van der Waals surface area contributed by atoms with Crippen molar-refractivity contribution in [3.8, 4) is 0 Å². The van der Waals surface area contributed by atoms with Gasteiger partial charge in [0.2, 0.25) is 0 Å². The van der Waals surface area contributed by atoms with Gasteiger partial charge >= 0.3 is 0 Å². The fourth-order valence-corrected chi connectivity index (χ4v) is 2.70. The number of benzene rings is 2. The Hall–Kier alpha value is -2.35. The molecule has 0 aliphatic heterocycles. The SMILES string of the molecule is Cc1cccc(C)c1Cn1ccc2cc(C=O)ccc21. The number of fused-ring (bicyclic) bond motifs is 1. The predicted molar refractivity (Wildman–Crippen MR) is 82.3 cm³/mol. The molecule has 0 atom stereocenters. The molecule has 100 valence electrons. The highest BCUT2D eigenvalue weighted by Gasteiger charge is 2.06. The molecule has 2 nitrogen and oxygen atoms in total. The van der Waals surface area contributed by atoms with Crippen LogP contribution in [0.1, 0.15) is 27.0 Å². The summed E-state index contributed by atoms with van der Waals surface area (Å²) in [5, 5.41) is 1.11. The van der Waals surface area contributed by atoms with Gasteiger partial charge in [-0.1, -0.05) is 18.2 Å². The Labute approximate surface area is 118 Å². The third kappa shape index (κ3) is 2.14. The standard InChI is InChI=1S/C18H17NO/c1-13-4-3-5-14(2)17(13)11-19-9-8-16-10-15(12-20)6-7-18(16)19/h3-10,12H,11H2,1-2H3. The lowest BCUT2D eigenvalue weighted by atomic mass is 10.0. The van der Waals surface area contributed by atoms with E-state index in [0.717, 1.165) is 23.8 Å². The minimum absolute atomic E-state index is 0.724. The van der Waals surface area contributed by atoms with Crippen LogP contribution in [0.25, 0.3) is 10.9 Å². The lowest BCUT2D eigenvalue weighted by molar-refractivity contribution is 0.112. The van der Waals surface area contributed by atoms with Crippen LogP contribution in [-0.4, -0.2) is 10.9 Å². The maximum absolute atomic E-state index is 10.8. The number of nitrogens with zero attached hydrogens (tertiary/aromatic N) is 1. The van der Waals surface area contributed by atoms with E-state index in [4.69, 9.17) is 0 Å². The smallest absolute Gasteiger partial charge is 0.150 e. The average molecular weight is 263 g/mol. The molecular formula is C18H17NO. The maximum Gasteiger partial charge on any atom is 0.150 e. The first kappa shape index (κ1) is 12.7. The molecule has 3 aromatic rings. The van der Waals surface area contributed by atoms with Crippen molar-refractivity contribution >= 4 is 17.2 Å². The Morgan fingerprint density at radius 1 is 1.05 bits per heavy atom. The Kier molecular flexibility index (Phi) is 3.15. The fraction of sp³-hybridized carbons (Fsp3) is 0.167. The van der Waals surface area contributed by atoms with Crippen LogP contribution in [0.4, 0.5) is 0 Å². The van der Waals surface area contributed by atoms with Crippen LogP contribution in [0.2, 0.25) is 0 Å². The van der Waals surface area contributed by atoms with Crippen LogP contribution in [-0.2, 0) is 6.54 Å². The molecule has 1 aromatic heterocycles. The second kappa shape index (κ2) is 4.97.